The van der Waals surface area contributed by atoms with Gasteiger partial charge in [0.05, 0.1) is 19.0 Å². The third-order valence-corrected chi connectivity index (χ3v) is 3.02. The van der Waals surface area contributed by atoms with E-state index in [-0.39, 0.29) is 5.75 Å². The van der Waals surface area contributed by atoms with Crippen LogP contribution in [-0.2, 0) is 4.79 Å². The molecule has 0 aliphatic heterocycles. The topological polar surface area (TPSA) is 72.8 Å². The van der Waals surface area contributed by atoms with Gasteiger partial charge >= 0.3 is 5.97 Å². The number of thioether (sulfide) groups is 1. The van der Waals surface area contributed by atoms with Crippen molar-refractivity contribution in [1.29, 1.82) is 0 Å². The highest BCUT2D eigenvalue weighted by Gasteiger charge is 2.06. The molecule has 0 atom stereocenters. The molecule has 0 fully saturated rings. The van der Waals surface area contributed by atoms with Gasteiger partial charge in [0.1, 0.15) is 6.29 Å². The number of rotatable bonds is 9. The maximum absolute atomic E-state index is 10.7. The molecular weight excluding hydrogens is 268 g/mol. The van der Waals surface area contributed by atoms with Gasteiger partial charge < -0.3 is 14.6 Å². The summed E-state index contributed by atoms with van der Waals surface area (Å²) in [5, 5.41) is 8.49. The summed E-state index contributed by atoms with van der Waals surface area (Å²) in [6.07, 6.45) is 0.745. The first-order chi connectivity index (χ1) is 9.17. The van der Waals surface area contributed by atoms with Gasteiger partial charge in [-0.1, -0.05) is 0 Å². The van der Waals surface area contributed by atoms with Crippen LogP contribution in [0.4, 0.5) is 0 Å². The molecule has 1 aromatic carbocycles. The molecule has 19 heavy (non-hydrogen) atoms. The molecule has 1 aromatic rings. The standard InChI is InChI=1S/C13H16O5S/c1-2-17-12-7-10(8-14)3-4-11(12)18-5-6-19-9-13(15)16/h3-4,7-8H,2,5-6,9H2,1H3,(H,15,16). The summed E-state index contributed by atoms with van der Waals surface area (Å²) >= 11 is 1.29. The number of hydrogen-bond acceptors (Lipinski definition) is 5. The lowest BCUT2D eigenvalue weighted by Crippen LogP contribution is -2.06. The second-order valence-corrected chi connectivity index (χ2v) is 4.66. The molecule has 0 aromatic heterocycles. The third-order valence-electron chi connectivity index (χ3n) is 2.11. The van der Waals surface area contributed by atoms with Crippen molar-refractivity contribution in [1.82, 2.24) is 0 Å². The predicted octanol–water partition coefficient (Wildman–Crippen LogP) is 2.09. The Morgan fingerprint density at radius 2 is 2.16 bits per heavy atom. The number of carbonyl (C=O) groups is 2. The summed E-state index contributed by atoms with van der Waals surface area (Å²) in [5.74, 6) is 0.882. The maximum atomic E-state index is 10.7. The second kappa shape index (κ2) is 8.42. The molecular formula is C13H16O5S. The summed E-state index contributed by atoms with van der Waals surface area (Å²) < 4.78 is 10.9. The van der Waals surface area contributed by atoms with E-state index in [4.69, 9.17) is 14.6 Å². The Morgan fingerprint density at radius 3 is 2.79 bits per heavy atom. The first-order valence-electron chi connectivity index (χ1n) is 5.81. The Labute approximate surface area is 115 Å². The highest BCUT2D eigenvalue weighted by molar-refractivity contribution is 7.99. The van der Waals surface area contributed by atoms with Gasteiger partial charge in [-0.05, 0) is 25.1 Å². The van der Waals surface area contributed by atoms with Crippen LogP contribution >= 0.6 is 11.8 Å². The van der Waals surface area contributed by atoms with Gasteiger partial charge in [0.2, 0.25) is 0 Å². The van der Waals surface area contributed by atoms with Crippen LogP contribution < -0.4 is 9.47 Å². The number of ether oxygens (including phenoxy) is 2. The fraction of sp³-hybridized carbons (Fsp3) is 0.385. The lowest BCUT2D eigenvalue weighted by atomic mass is 10.2. The fourth-order valence-corrected chi connectivity index (χ4v) is 1.88. The molecule has 0 radical (unpaired) electrons. The van der Waals surface area contributed by atoms with Crippen LogP contribution in [0.25, 0.3) is 0 Å². The minimum Gasteiger partial charge on any atom is -0.490 e. The van der Waals surface area contributed by atoms with Crippen LogP contribution in [0.15, 0.2) is 18.2 Å². The largest absolute Gasteiger partial charge is 0.490 e. The minimum absolute atomic E-state index is 0.0613. The highest BCUT2D eigenvalue weighted by Crippen LogP contribution is 2.28. The van der Waals surface area contributed by atoms with Crippen LogP contribution in [-0.4, -0.2) is 42.1 Å². The van der Waals surface area contributed by atoms with Gasteiger partial charge in [0.15, 0.2) is 11.5 Å². The average molecular weight is 284 g/mol. The Balaban J connectivity index is 2.51. The van der Waals surface area contributed by atoms with Gasteiger partial charge in [0.25, 0.3) is 0 Å². The molecule has 0 bridgehead atoms. The predicted molar refractivity (Wildman–Crippen MR) is 73.5 cm³/mol. The SMILES string of the molecule is CCOc1cc(C=O)ccc1OCCSCC(=O)O. The van der Waals surface area contributed by atoms with E-state index < -0.39 is 5.97 Å². The molecule has 1 N–H and O–H groups in total. The van der Waals surface area contributed by atoms with E-state index in [1.165, 1.54) is 11.8 Å². The summed E-state index contributed by atoms with van der Waals surface area (Å²) in [4.78, 5) is 21.0. The molecule has 0 saturated heterocycles. The zero-order valence-electron chi connectivity index (χ0n) is 10.6. The highest BCUT2D eigenvalue weighted by atomic mass is 32.2. The van der Waals surface area contributed by atoms with Crippen molar-refractivity contribution in [2.24, 2.45) is 0 Å². The number of aliphatic carboxylic acids is 1. The van der Waals surface area contributed by atoms with Gasteiger partial charge in [-0.15, -0.1) is 11.8 Å². The number of carboxylic acid groups (broad SMARTS) is 1. The fourth-order valence-electron chi connectivity index (χ4n) is 1.36. The van der Waals surface area contributed by atoms with E-state index in [9.17, 15) is 9.59 Å². The summed E-state index contributed by atoms with van der Waals surface area (Å²) in [7, 11) is 0. The summed E-state index contributed by atoms with van der Waals surface area (Å²) in [6, 6.07) is 4.95. The van der Waals surface area contributed by atoms with Crippen LogP contribution in [0.3, 0.4) is 0 Å². The van der Waals surface area contributed by atoms with Gasteiger partial charge in [-0.25, -0.2) is 0 Å². The number of carbonyl (C=O) groups excluding carboxylic acids is 1. The third kappa shape index (κ3) is 5.65. The molecule has 0 spiro atoms. The van der Waals surface area contributed by atoms with Crippen molar-refractivity contribution in [3.8, 4) is 11.5 Å². The quantitative estimate of drug-likeness (QED) is 0.553. The Bertz CT molecular complexity index is 433. The van der Waals surface area contributed by atoms with Crippen LogP contribution in [0.5, 0.6) is 11.5 Å². The van der Waals surface area contributed by atoms with Crippen molar-refractivity contribution in [2.45, 2.75) is 6.92 Å². The number of benzene rings is 1. The van der Waals surface area contributed by atoms with E-state index >= 15 is 0 Å². The van der Waals surface area contributed by atoms with E-state index in [1.54, 1.807) is 18.2 Å². The first kappa shape index (κ1) is 15.4. The van der Waals surface area contributed by atoms with Gasteiger partial charge in [0, 0.05) is 11.3 Å². The molecule has 0 aliphatic rings. The van der Waals surface area contributed by atoms with Crippen LogP contribution in [0.2, 0.25) is 0 Å². The molecule has 0 aliphatic carbocycles. The Hall–Kier alpha value is -1.69. The molecule has 104 valence electrons. The molecule has 1 rings (SSSR count). The molecule has 0 unspecified atom stereocenters. The Morgan fingerprint density at radius 1 is 1.37 bits per heavy atom. The van der Waals surface area contributed by atoms with E-state index in [0.717, 1.165) is 6.29 Å². The molecule has 5 nitrogen and oxygen atoms in total. The van der Waals surface area contributed by atoms with Crippen molar-refractivity contribution < 1.29 is 24.2 Å². The maximum Gasteiger partial charge on any atom is 0.313 e. The second-order valence-electron chi connectivity index (χ2n) is 3.55. The van der Waals surface area contributed by atoms with Crippen molar-refractivity contribution in [3.05, 3.63) is 23.8 Å². The van der Waals surface area contributed by atoms with E-state index in [1.807, 2.05) is 6.92 Å². The number of aldehydes is 1. The Kier molecular flexibility index (Phi) is 6.81. The van der Waals surface area contributed by atoms with Crippen molar-refractivity contribution in [2.75, 3.05) is 24.7 Å². The molecule has 0 amide bonds. The van der Waals surface area contributed by atoms with Crippen LogP contribution in [0.1, 0.15) is 17.3 Å². The molecule has 0 heterocycles. The normalized spacial score (nSPS) is 9.95. The van der Waals surface area contributed by atoms with E-state index in [2.05, 4.69) is 0 Å². The summed E-state index contributed by atoms with van der Waals surface area (Å²) in [6.45, 7) is 2.71. The minimum atomic E-state index is -0.838. The number of hydrogen-bond donors (Lipinski definition) is 1. The zero-order chi connectivity index (χ0) is 14.1. The summed E-state index contributed by atoms with van der Waals surface area (Å²) in [5.41, 5.74) is 0.524. The number of carboxylic acids is 1. The van der Waals surface area contributed by atoms with Crippen molar-refractivity contribution in [3.63, 3.8) is 0 Å². The van der Waals surface area contributed by atoms with E-state index in [0.29, 0.717) is 36.0 Å². The zero-order valence-corrected chi connectivity index (χ0v) is 11.4. The molecule has 6 heteroatoms. The lowest BCUT2D eigenvalue weighted by Gasteiger charge is -2.11. The first-order valence-corrected chi connectivity index (χ1v) is 6.97. The van der Waals surface area contributed by atoms with Gasteiger partial charge in [-0.2, -0.15) is 0 Å². The van der Waals surface area contributed by atoms with Gasteiger partial charge in [-0.3, -0.25) is 9.59 Å². The molecule has 0 saturated carbocycles. The monoisotopic (exact) mass is 284 g/mol. The average Bonchev–Trinajstić information content (AvgIpc) is 2.39. The lowest BCUT2D eigenvalue weighted by molar-refractivity contribution is -0.133. The van der Waals surface area contributed by atoms with Crippen molar-refractivity contribution >= 4 is 24.0 Å². The smallest absolute Gasteiger partial charge is 0.313 e. The van der Waals surface area contributed by atoms with Crippen LogP contribution in [0, 0.1) is 0 Å².